The van der Waals surface area contributed by atoms with Gasteiger partial charge in [0.05, 0.1) is 11.2 Å². The fourth-order valence-corrected chi connectivity index (χ4v) is 3.92. The first kappa shape index (κ1) is 24.5. The zero-order chi connectivity index (χ0) is 23.5. The number of carbonyl (C=O) groups excluding carboxylic acids is 1. The second kappa shape index (κ2) is 10.2. The molecule has 1 aliphatic heterocycles. The van der Waals surface area contributed by atoms with Crippen molar-refractivity contribution in [2.45, 2.75) is 78.2 Å². The number of carbonyl (C=O) groups is 1. The lowest BCUT2D eigenvalue weighted by atomic mass is 10.0. The van der Waals surface area contributed by atoms with E-state index in [2.05, 4.69) is 48.7 Å². The van der Waals surface area contributed by atoms with Crippen molar-refractivity contribution >= 4 is 17.0 Å². The van der Waals surface area contributed by atoms with Gasteiger partial charge in [-0.25, -0.2) is 9.48 Å². The van der Waals surface area contributed by atoms with Gasteiger partial charge in [-0.05, 0) is 70.7 Å². The van der Waals surface area contributed by atoms with Crippen molar-refractivity contribution in [3.8, 4) is 0 Å². The Kier molecular flexibility index (Phi) is 7.83. The standard InChI is InChI=1S/C25H40N4O3/c1-18(2)19-11-12-22-20(16-19)21(26-29(22)23-10-8-9-15-31-23)17-27(6)13-14-28(7)24(30)32-25(3,4)5/h11-12,16,18,23H,8-10,13-15,17H2,1-7H3. The minimum Gasteiger partial charge on any atom is -0.444 e. The van der Waals surface area contributed by atoms with Gasteiger partial charge in [-0.1, -0.05) is 19.9 Å². The zero-order valence-corrected chi connectivity index (χ0v) is 20.9. The molecule has 0 saturated carbocycles. The van der Waals surface area contributed by atoms with Crippen molar-refractivity contribution < 1.29 is 14.3 Å². The molecule has 2 heterocycles. The molecule has 0 aliphatic carbocycles. The minimum absolute atomic E-state index is 0.00788. The van der Waals surface area contributed by atoms with E-state index in [9.17, 15) is 4.79 Å². The van der Waals surface area contributed by atoms with Gasteiger partial charge in [-0.3, -0.25) is 4.90 Å². The molecule has 1 fully saturated rings. The van der Waals surface area contributed by atoms with Crippen molar-refractivity contribution in [1.82, 2.24) is 19.6 Å². The molecule has 7 heteroatoms. The summed E-state index contributed by atoms with van der Waals surface area (Å²) < 4.78 is 13.6. The van der Waals surface area contributed by atoms with Crippen LogP contribution >= 0.6 is 0 Å². The van der Waals surface area contributed by atoms with Crippen molar-refractivity contribution in [3.63, 3.8) is 0 Å². The summed E-state index contributed by atoms with van der Waals surface area (Å²) in [6.07, 6.45) is 3.00. The van der Waals surface area contributed by atoms with Gasteiger partial charge >= 0.3 is 6.09 Å². The molecule has 1 amide bonds. The summed E-state index contributed by atoms with van der Waals surface area (Å²) >= 11 is 0. The molecule has 0 N–H and O–H groups in total. The van der Waals surface area contributed by atoms with E-state index in [0.29, 0.717) is 19.0 Å². The Morgan fingerprint density at radius 2 is 2.00 bits per heavy atom. The largest absolute Gasteiger partial charge is 0.444 e. The lowest BCUT2D eigenvalue weighted by Crippen LogP contribution is -2.38. The number of aromatic nitrogens is 2. The predicted molar refractivity (Wildman–Crippen MR) is 128 cm³/mol. The van der Waals surface area contributed by atoms with E-state index >= 15 is 0 Å². The average molecular weight is 445 g/mol. The highest BCUT2D eigenvalue weighted by atomic mass is 16.6. The van der Waals surface area contributed by atoms with Crippen LogP contribution in [0.5, 0.6) is 0 Å². The van der Waals surface area contributed by atoms with Crippen molar-refractivity contribution in [3.05, 3.63) is 29.5 Å². The molecule has 3 rings (SSSR count). The molecule has 1 atom stereocenters. The summed E-state index contributed by atoms with van der Waals surface area (Å²) in [4.78, 5) is 16.1. The van der Waals surface area contributed by atoms with E-state index in [1.165, 1.54) is 17.4 Å². The van der Waals surface area contributed by atoms with Crippen LogP contribution < -0.4 is 0 Å². The Hall–Kier alpha value is -2.12. The average Bonchev–Trinajstić information content (AvgIpc) is 3.09. The summed E-state index contributed by atoms with van der Waals surface area (Å²) in [7, 11) is 3.85. The van der Waals surface area contributed by atoms with Gasteiger partial charge in [0.25, 0.3) is 0 Å². The molecule has 32 heavy (non-hydrogen) atoms. The highest BCUT2D eigenvalue weighted by molar-refractivity contribution is 5.83. The van der Waals surface area contributed by atoms with Gasteiger partial charge in [0.15, 0.2) is 6.23 Å². The van der Waals surface area contributed by atoms with Crippen LogP contribution in [0.2, 0.25) is 0 Å². The van der Waals surface area contributed by atoms with Crippen molar-refractivity contribution in [2.24, 2.45) is 0 Å². The predicted octanol–water partition coefficient (Wildman–Crippen LogP) is 5.16. The molecule has 0 bridgehead atoms. The molecule has 1 aliphatic rings. The van der Waals surface area contributed by atoms with E-state index < -0.39 is 5.60 Å². The van der Waals surface area contributed by atoms with Gasteiger partial charge in [-0.2, -0.15) is 5.10 Å². The first-order valence-corrected chi connectivity index (χ1v) is 11.8. The van der Waals surface area contributed by atoms with Crippen LogP contribution in [0, 0.1) is 0 Å². The third-order valence-corrected chi connectivity index (χ3v) is 5.84. The zero-order valence-electron chi connectivity index (χ0n) is 20.9. The molecule has 1 aromatic heterocycles. The van der Waals surface area contributed by atoms with Crippen molar-refractivity contribution in [2.75, 3.05) is 33.8 Å². The van der Waals surface area contributed by atoms with E-state index in [-0.39, 0.29) is 12.3 Å². The summed E-state index contributed by atoms with van der Waals surface area (Å²) in [5.74, 6) is 0.460. The van der Waals surface area contributed by atoms with Crippen LogP contribution in [-0.2, 0) is 16.0 Å². The summed E-state index contributed by atoms with van der Waals surface area (Å²) in [5, 5.41) is 6.20. The molecule has 0 spiro atoms. The quantitative estimate of drug-likeness (QED) is 0.590. The molecule has 7 nitrogen and oxygen atoms in total. The number of benzene rings is 1. The Balaban J connectivity index is 1.75. The van der Waals surface area contributed by atoms with E-state index in [4.69, 9.17) is 14.6 Å². The highest BCUT2D eigenvalue weighted by Crippen LogP contribution is 2.30. The number of hydrogen-bond acceptors (Lipinski definition) is 5. The number of rotatable bonds is 7. The van der Waals surface area contributed by atoms with Crippen LogP contribution in [0.15, 0.2) is 18.2 Å². The maximum Gasteiger partial charge on any atom is 0.410 e. The topological polar surface area (TPSA) is 59.8 Å². The monoisotopic (exact) mass is 444 g/mol. The van der Waals surface area contributed by atoms with Gasteiger partial charge in [0.2, 0.25) is 0 Å². The number of nitrogens with zero attached hydrogens (tertiary/aromatic N) is 4. The van der Waals surface area contributed by atoms with E-state index in [1.807, 2.05) is 20.8 Å². The smallest absolute Gasteiger partial charge is 0.410 e. The van der Waals surface area contributed by atoms with Crippen molar-refractivity contribution in [1.29, 1.82) is 0 Å². The third-order valence-electron chi connectivity index (χ3n) is 5.84. The number of fused-ring (bicyclic) bond motifs is 1. The summed E-state index contributed by atoms with van der Waals surface area (Å²) in [6.45, 7) is 12.9. The first-order chi connectivity index (χ1) is 15.0. The number of amides is 1. The second-order valence-electron chi connectivity index (χ2n) is 10.3. The highest BCUT2D eigenvalue weighted by Gasteiger charge is 2.23. The Bertz CT molecular complexity index is 910. The molecular weight excluding hydrogens is 404 g/mol. The van der Waals surface area contributed by atoms with Crippen LogP contribution in [0.1, 0.15) is 77.3 Å². The fraction of sp³-hybridized carbons (Fsp3) is 0.680. The van der Waals surface area contributed by atoms with E-state index in [1.54, 1.807) is 11.9 Å². The van der Waals surface area contributed by atoms with Gasteiger partial charge in [0.1, 0.15) is 5.60 Å². The van der Waals surface area contributed by atoms with Crippen LogP contribution in [0.25, 0.3) is 10.9 Å². The fourth-order valence-electron chi connectivity index (χ4n) is 3.92. The Labute approximate surface area is 192 Å². The minimum atomic E-state index is -0.488. The molecule has 1 unspecified atom stereocenters. The summed E-state index contributed by atoms with van der Waals surface area (Å²) in [5.41, 5.74) is 3.02. The first-order valence-electron chi connectivity index (χ1n) is 11.8. The molecular formula is C25H40N4O3. The molecule has 178 valence electrons. The second-order valence-corrected chi connectivity index (χ2v) is 10.3. The maximum atomic E-state index is 12.2. The third kappa shape index (κ3) is 6.23. The molecule has 0 radical (unpaired) electrons. The molecule has 1 saturated heterocycles. The Morgan fingerprint density at radius 3 is 2.62 bits per heavy atom. The lowest BCUT2D eigenvalue weighted by molar-refractivity contribution is -0.0370. The number of likely N-dealkylation sites (N-methyl/N-ethyl adjacent to an activating group) is 2. The van der Waals surface area contributed by atoms with Gasteiger partial charge < -0.3 is 14.4 Å². The maximum absolute atomic E-state index is 12.2. The SMILES string of the molecule is CC(C)c1ccc2c(c1)c(CN(C)CCN(C)C(=O)OC(C)(C)C)nn2C1CCCCO1. The normalized spacial score (nSPS) is 17.3. The van der Waals surface area contributed by atoms with Gasteiger partial charge in [0, 0.05) is 38.7 Å². The van der Waals surface area contributed by atoms with Gasteiger partial charge in [-0.15, -0.1) is 0 Å². The Morgan fingerprint density at radius 1 is 1.25 bits per heavy atom. The lowest BCUT2D eigenvalue weighted by Gasteiger charge is -2.26. The number of ether oxygens (including phenoxy) is 2. The number of hydrogen-bond donors (Lipinski definition) is 0. The van der Waals surface area contributed by atoms with Crippen LogP contribution in [0.4, 0.5) is 4.79 Å². The molecule has 1 aromatic carbocycles. The van der Waals surface area contributed by atoms with Crippen LogP contribution in [-0.4, -0.2) is 65.1 Å². The summed E-state index contributed by atoms with van der Waals surface area (Å²) in [6, 6.07) is 6.68. The molecule has 2 aromatic rings. The van der Waals surface area contributed by atoms with E-state index in [0.717, 1.165) is 37.2 Å². The van der Waals surface area contributed by atoms with Crippen LogP contribution in [0.3, 0.4) is 0 Å².